The molecule has 2 aromatic rings. The maximum absolute atomic E-state index is 11.4. The van der Waals surface area contributed by atoms with Gasteiger partial charge in [-0.1, -0.05) is 39.3 Å². The summed E-state index contributed by atoms with van der Waals surface area (Å²) in [6, 6.07) is 11.3. The number of hydrogen-bond acceptors (Lipinski definition) is 3. The Morgan fingerprint density at radius 3 is 2.65 bits per heavy atom. The van der Waals surface area contributed by atoms with E-state index in [9.17, 15) is 9.90 Å². The number of carbonyl (C=O) groups is 1. The molecule has 0 radical (unpaired) electrons. The van der Waals surface area contributed by atoms with Crippen molar-refractivity contribution in [1.29, 1.82) is 0 Å². The summed E-state index contributed by atoms with van der Waals surface area (Å²) in [5.74, 6) is -0.415. The summed E-state index contributed by atoms with van der Waals surface area (Å²) in [5.41, 5.74) is 1.15. The summed E-state index contributed by atoms with van der Waals surface area (Å²) in [7, 11) is 0. The van der Waals surface area contributed by atoms with Crippen LogP contribution in [0.3, 0.4) is 0 Å². The smallest absolute Gasteiger partial charge is 0.257 e. The molecule has 1 unspecified atom stereocenters. The summed E-state index contributed by atoms with van der Waals surface area (Å²) >= 11 is 11.1. The second kappa shape index (κ2) is 5.41. The van der Waals surface area contributed by atoms with Crippen LogP contribution in [0.15, 0.2) is 50.7 Å². The maximum atomic E-state index is 11.4. The van der Waals surface area contributed by atoms with Gasteiger partial charge < -0.3 is 10.4 Å². The lowest BCUT2D eigenvalue weighted by atomic mass is 10.1. The van der Waals surface area contributed by atoms with Crippen LogP contribution in [0.2, 0.25) is 5.02 Å². The van der Waals surface area contributed by atoms with Crippen molar-refractivity contribution in [3.8, 4) is 0 Å². The van der Waals surface area contributed by atoms with Crippen LogP contribution in [0.1, 0.15) is 11.7 Å². The zero-order chi connectivity index (χ0) is 14.3. The highest BCUT2D eigenvalue weighted by Crippen LogP contribution is 2.41. The first-order chi connectivity index (χ1) is 9.54. The van der Waals surface area contributed by atoms with Gasteiger partial charge in [-0.15, -0.1) is 0 Å². The Morgan fingerprint density at radius 1 is 1.25 bits per heavy atom. The molecule has 3 nitrogen and oxygen atoms in total. The average molecular weight is 371 g/mol. The highest BCUT2D eigenvalue weighted by Gasteiger charge is 2.29. The fourth-order valence-electron chi connectivity index (χ4n) is 1.95. The van der Waals surface area contributed by atoms with E-state index in [1.807, 2.05) is 24.3 Å². The fraction of sp³-hybridized carbons (Fsp3) is 0.0714. The van der Waals surface area contributed by atoms with Crippen LogP contribution in [0.4, 0.5) is 5.69 Å². The third-order valence-corrected chi connectivity index (χ3v) is 4.97. The number of aliphatic hydroxyl groups is 1. The number of fused-ring (bicyclic) bond motifs is 1. The number of anilines is 1. The molecular formula is C14H9BrClNO2S. The molecule has 102 valence electrons. The standard InChI is InChI=1S/C14H9BrClNO2S/c15-7-1-3-8(4-2-7)20-12-6-11-9(5-10(12)16)13(18)14(19)17-11/h1-6,13,18H,(H,17,19). The molecule has 2 N–H and O–H groups in total. The molecular weight excluding hydrogens is 362 g/mol. The summed E-state index contributed by atoms with van der Waals surface area (Å²) in [6.07, 6.45) is -1.13. The number of rotatable bonds is 2. The first-order valence-electron chi connectivity index (χ1n) is 5.80. The van der Waals surface area contributed by atoms with Gasteiger partial charge in [-0.3, -0.25) is 4.79 Å². The van der Waals surface area contributed by atoms with Crippen molar-refractivity contribution in [3.63, 3.8) is 0 Å². The molecule has 1 aliphatic heterocycles. The third kappa shape index (κ3) is 2.59. The minimum absolute atomic E-state index is 0.415. The first-order valence-corrected chi connectivity index (χ1v) is 7.79. The Hall–Kier alpha value is -1.01. The van der Waals surface area contributed by atoms with Gasteiger partial charge in [-0.05, 0) is 36.4 Å². The molecule has 3 rings (SSSR count). The first kappa shape index (κ1) is 13.9. The van der Waals surface area contributed by atoms with E-state index in [0.29, 0.717) is 16.3 Å². The Morgan fingerprint density at radius 2 is 1.95 bits per heavy atom. The monoisotopic (exact) mass is 369 g/mol. The van der Waals surface area contributed by atoms with Crippen LogP contribution >= 0.6 is 39.3 Å². The lowest BCUT2D eigenvalue weighted by Gasteiger charge is -2.08. The molecule has 0 aromatic heterocycles. The Balaban J connectivity index is 1.94. The molecule has 0 saturated carbocycles. The third-order valence-electron chi connectivity index (χ3n) is 2.95. The highest BCUT2D eigenvalue weighted by molar-refractivity contribution is 9.10. The second-order valence-electron chi connectivity index (χ2n) is 4.32. The van der Waals surface area contributed by atoms with E-state index in [1.165, 1.54) is 11.8 Å². The number of nitrogens with one attached hydrogen (secondary N) is 1. The molecule has 1 amide bonds. The average Bonchev–Trinajstić information content (AvgIpc) is 2.69. The molecule has 0 fully saturated rings. The number of amides is 1. The number of hydrogen-bond donors (Lipinski definition) is 2. The van der Waals surface area contributed by atoms with Crippen molar-refractivity contribution in [2.45, 2.75) is 15.9 Å². The summed E-state index contributed by atoms with van der Waals surface area (Å²) < 4.78 is 1.01. The Labute approximate surface area is 133 Å². The fourth-order valence-corrected chi connectivity index (χ4v) is 3.36. The molecule has 6 heteroatoms. The van der Waals surface area contributed by atoms with Gasteiger partial charge in [0.15, 0.2) is 6.10 Å². The summed E-state index contributed by atoms with van der Waals surface area (Å²) in [6.45, 7) is 0. The molecule has 1 heterocycles. The SMILES string of the molecule is O=C1Nc2cc(Sc3ccc(Br)cc3)c(Cl)cc2C1O. The van der Waals surface area contributed by atoms with Crippen molar-refractivity contribution in [3.05, 3.63) is 51.5 Å². The van der Waals surface area contributed by atoms with Gasteiger partial charge in [0.25, 0.3) is 5.91 Å². The molecule has 1 aliphatic rings. The quantitative estimate of drug-likeness (QED) is 0.831. The maximum Gasteiger partial charge on any atom is 0.257 e. The minimum atomic E-state index is -1.13. The van der Waals surface area contributed by atoms with Crippen molar-refractivity contribution < 1.29 is 9.90 Å². The van der Waals surface area contributed by atoms with Gasteiger partial charge in [0.05, 0.1) is 5.02 Å². The number of halogens is 2. The summed E-state index contributed by atoms with van der Waals surface area (Å²) in [5, 5.41) is 12.9. The molecule has 0 spiro atoms. The Kier molecular flexibility index (Phi) is 3.77. The molecule has 0 bridgehead atoms. The Bertz CT molecular complexity index is 690. The van der Waals surface area contributed by atoms with Gasteiger partial charge in [-0.2, -0.15) is 0 Å². The lowest BCUT2D eigenvalue weighted by Crippen LogP contribution is -2.10. The van der Waals surface area contributed by atoms with Crippen LogP contribution in [-0.4, -0.2) is 11.0 Å². The van der Waals surface area contributed by atoms with Crippen molar-refractivity contribution in [1.82, 2.24) is 0 Å². The molecule has 2 aromatic carbocycles. The van der Waals surface area contributed by atoms with E-state index in [1.54, 1.807) is 12.1 Å². The number of benzene rings is 2. The van der Waals surface area contributed by atoms with E-state index in [-0.39, 0.29) is 0 Å². The largest absolute Gasteiger partial charge is 0.378 e. The predicted octanol–water partition coefficient (Wildman–Crippen LogP) is 4.24. The summed E-state index contributed by atoms with van der Waals surface area (Å²) in [4.78, 5) is 13.3. The van der Waals surface area contributed by atoms with E-state index in [2.05, 4.69) is 21.2 Å². The van der Waals surface area contributed by atoms with E-state index in [0.717, 1.165) is 14.3 Å². The minimum Gasteiger partial charge on any atom is -0.378 e. The second-order valence-corrected chi connectivity index (χ2v) is 6.76. The molecule has 0 aliphatic carbocycles. The van der Waals surface area contributed by atoms with Gasteiger partial charge in [0.1, 0.15) is 0 Å². The van der Waals surface area contributed by atoms with Crippen LogP contribution in [0.5, 0.6) is 0 Å². The molecule has 0 saturated heterocycles. The van der Waals surface area contributed by atoms with Gasteiger partial charge in [-0.25, -0.2) is 0 Å². The van der Waals surface area contributed by atoms with Crippen molar-refractivity contribution >= 4 is 50.9 Å². The van der Waals surface area contributed by atoms with E-state index in [4.69, 9.17) is 11.6 Å². The van der Waals surface area contributed by atoms with Gasteiger partial charge in [0.2, 0.25) is 0 Å². The zero-order valence-electron chi connectivity index (χ0n) is 10.1. The molecule has 20 heavy (non-hydrogen) atoms. The number of aliphatic hydroxyl groups excluding tert-OH is 1. The zero-order valence-corrected chi connectivity index (χ0v) is 13.2. The van der Waals surface area contributed by atoms with E-state index < -0.39 is 12.0 Å². The topological polar surface area (TPSA) is 49.3 Å². The lowest BCUT2D eigenvalue weighted by molar-refractivity contribution is -0.123. The van der Waals surface area contributed by atoms with Crippen molar-refractivity contribution in [2.75, 3.05) is 5.32 Å². The van der Waals surface area contributed by atoms with Crippen LogP contribution in [0.25, 0.3) is 0 Å². The normalized spacial score (nSPS) is 16.9. The van der Waals surface area contributed by atoms with Crippen LogP contribution in [-0.2, 0) is 4.79 Å². The van der Waals surface area contributed by atoms with Crippen molar-refractivity contribution in [2.24, 2.45) is 0 Å². The van der Waals surface area contributed by atoms with Crippen LogP contribution < -0.4 is 5.32 Å². The molecule has 1 atom stereocenters. The van der Waals surface area contributed by atoms with Gasteiger partial charge >= 0.3 is 0 Å². The highest BCUT2D eigenvalue weighted by atomic mass is 79.9. The van der Waals surface area contributed by atoms with E-state index >= 15 is 0 Å². The predicted molar refractivity (Wildman–Crippen MR) is 83.3 cm³/mol. The van der Waals surface area contributed by atoms with Crippen LogP contribution in [0, 0.1) is 0 Å². The number of carbonyl (C=O) groups excluding carboxylic acids is 1. The van der Waals surface area contributed by atoms with Gasteiger partial charge in [0, 0.05) is 25.5 Å².